The Morgan fingerprint density at radius 2 is 1.50 bits per heavy atom. The number of nitrogen functional groups attached to an aromatic ring is 2. The molecule has 6 heteroatoms. The van der Waals surface area contributed by atoms with Crippen molar-refractivity contribution in [2.75, 3.05) is 11.5 Å². The Balaban J connectivity index is 2.39. The van der Waals surface area contributed by atoms with Crippen molar-refractivity contribution in [1.29, 1.82) is 0 Å². The molecule has 4 nitrogen and oxygen atoms in total. The minimum absolute atomic E-state index is 0.0674. The molecule has 1 fully saturated rings. The van der Waals surface area contributed by atoms with Gasteiger partial charge in [-0.2, -0.15) is 0 Å². The number of hydrogen-bond donors (Lipinski definition) is 2. The summed E-state index contributed by atoms with van der Waals surface area (Å²) in [5, 5.41) is 0. The normalized spacial score (nSPS) is 21.3. The average molecular weight is 252 g/mol. The lowest BCUT2D eigenvalue weighted by atomic mass is 9.77. The van der Waals surface area contributed by atoms with Gasteiger partial charge in [0.1, 0.15) is 5.82 Å². The molecule has 1 heterocycles. The highest BCUT2D eigenvalue weighted by Crippen LogP contribution is 2.37. The zero-order valence-corrected chi connectivity index (χ0v) is 11.1. The Morgan fingerprint density at radius 3 is 2.00 bits per heavy atom. The Bertz CT molecular complexity index is 475. The molecular formula is C12H18BFN2O2. The smallest absolute Gasteiger partial charge is 0.399 e. The highest BCUT2D eigenvalue weighted by molar-refractivity contribution is 6.64. The van der Waals surface area contributed by atoms with Gasteiger partial charge in [-0.25, -0.2) is 4.39 Å². The maximum Gasteiger partial charge on any atom is 0.497 e. The lowest BCUT2D eigenvalue weighted by molar-refractivity contribution is 0.00578. The zero-order valence-electron chi connectivity index (χ0n) is 11.1. The minimum Gasteiger partial charge on any atom is -0.399 e. The molecule has 1 saturated heterocycles. The predicted molar refractivity (Wildman–Crippen MR) is 70.9 cm³/mol. The van der Waals surface area contributed by atoms with Gasteiger partial charge in [0.2, 0.25) is 0 Å². The molecule has 18 heavy (non-hydrogen) atoms. The monoisotopic (exact) mass is 252 g/mol. The SMILES string of the molecule is CC1(C)OB(c2ccc(F)c(N)c2N)OC1(C)C. The fourth-order valence-electron chi connectivity index (χ4n) is 1.80. The maximum absolute atomic E-state index is 13.3. The molecule has 0 aromatic heterocycles. The highest BCUT2D eigenvalue weighted by atomic mass is 19.1. The Kier molecular flexibility index (Phi) is 2.83. The first-order chi connectivity index (χ1) is 8.16. The first-order valence-corrected chi connectivity index (χ1v) is 5.85. The number of nitrogens with two attached hydrogens (primary N) is 2. The van der Waals surface area contributed by atoms with Crippen LogP contribution in [0.15, 0.2) is 12.1 Å². The minimum atomic E-state index is -0.627. The summed E-state index contributed by atoms with van der Waals surface area (Å²) in [7, 11) is -0.627. The Morgan fingerprint density at radius 1 is 1.00 bits per heavy atom. The van der Waals surface area contributed by atoms with Crippen LogP contribution >= 0.6 is 0 Å². The van der Waals surface area contributed by atoms with Crippen molar-refractivity contribution in [3.63, 3.8) is 0 Å². The van der Waals surface area contributed by atoms with Crippen LogP contribution in [0.25, 0.3) is 0 Å². The molecule has 1 aliphatic heterocycles. The Hall–Kier alpha value is -1.27. The average Bonchev–Trinajstić information content (AvgIpc) is 2.45. The van der Waals surface area contributed by atoms with E-state index in [1.165, 1.54) is 6.07 Å². The van der Waals surface area contributed by atoms with Crippen molar-refractivity contribution in [2.45, 2.75) is 38.9 Å². The molecule has 0 atom stereocenters. The second-order valence-corrected chi connectivity index (χ2v) is 5.55. The van der Waals surface area contributed by atoms with Gasteiger partial charge in [0.25, 0.3) is 0 Å². The molecule has 0 saturated carbocycles. The second-order valence-electron chi connectivity index (χ2n) is 5.55. The van der Waals surface area contributed by atoms with Crippen LogP contribution in [0.1, 0.15) is 27.7 Å². The summed E-state index contributed by atoms with van der Waals surface area (Å²) >= 11 is 0. The summed E-state index contributed by atoms with van der Waals surface area (Å²) in [5.41, 5.74) is 11.1. The van der Waals surface area contributed by atoms with E-state index >= 15 is 0 Å². The first kappa shape index (κ1) is 13.2. The third kappa shape index (κ3) is 1.85. The number of hydrogen-bond acceptors (Lipinski definition) is 4. The van der Waals surface area contributed by atoms with E-state index in [4.69, 9.17) is 20.8 Å². The summed E-state index contributed by atoms with van der Waals surface area (Å²) in [6.45, 7) is 7.76. The number of anilines is 2. The highest BCUT2D eigenvalue weighted by Gasteiger charge is 2.52. The van der Waals surface area contributed by atoms with E-state index in [-0.39, 0.29) is 11.4 Å². The van der Waals surface area contributed by atoms with Crippen LogP contribution in [0.4, 0.5) is 15.8 Å². The van der Waals surface area contributed by atoms with Crippen LogP contribution in [-0.4, -0.2) is 18.3 Å². The van der Waals surface area contributed by atoms with E-state index in [1.54, 1.807) is 6.07 Å². The summed E-state index contributed by atoms with van der Waals surface area (Å²) in [6, 6.07) is 2.81. The van der Waals surface area contributed by atoms with Gasteiger partial charge in [-0.05, 0) is 33.8 Å². The van der Waals surface area contributed by atoms with Crippen molar-refractivity contribution in [3.8, 4) is 0 Å². The second kappa shape index (κ2) is 3.86. The standard InChI is InChI=1S/C12H18BFN2O2/c1-11(2)12(3,4)18-13(17-11)7-5-6-8(14)10(16)9(7)15/h5-6H,15-16H2,1-4H3. The molecule has 0 unspecified atom stereocenters. The van der Waals surface area contributed by atoms with E-state index in [0.717, 1.165) is 0 Å². The fourth-order valence-corrected chi connectivity index (χ4v) is 1.80. The van der Waals surface area contributed by atoms with Gasteiger partial charge < -0.3 is 20.8 Å². The lowest BCUT2D eigenvalue weighted by Gasteiger charge is -2.32. The largest absolute Gasteiger partial charge is 0.497 e. The number of halogens is 1. The summed E-state index contributed by atoms with van der Waals surface area (Å²) in [4.78, 5) is 0. The fraction of sp³-hybridized carbons (Fsp3) is 0.500. The molecule has 98 valence electrons. The van der Waals surface area contributed by atoms with Crippen LogP contribution in [0.5, 0.6) is 0 Å². The first-order valence-electron chi connectivity index (χ1n) is 5.85. The molecule has 1 aromatic rings. The quantitative estimate of drug-likeness (QED) is 0.583. The number of rotatable bonds is 1. The lowest BCUT2D eigenvalue weighted by Crippen LogP contribution is -2.41. The van der Waals surface area contributed by atoms with E-state index in [1.807, 2.05) is 27.7 Å². The molecule has 0 bridgehead atoms. The van der Waals surface area contributed by atoms with Gasteiger partial charge >= 0.3 is 7.12 Å². The van der Waals surface area contributed by atoms with Crippen LogP contribution in [0, 0.1) is 5.82 Å². The molecular weight excluding hydrogens is 234 g/mol. The Labute approximate surface area is 107 Å². The third-order valence-electron chi connectivity index (χ3n) is 3.77. The molecule has 0 spiro atoms. The van der Waals surface area contributed by atoms with Crippen LogP contribution in [-0.2, 0) is 9.31 Å². The van der Waals surface area contributed by atoms with E-state index < -0.39 is 24.1 Å². The molecule has 0 aliphatic carbocycles. The van der Waals surface area contributed by atoms with Crippen molar-refractivity contribution >= 4 is 24.0 Å². The zero-order chi connectivity index (χ0) is 13.7. The number of benzene rings is 1. The molecule has 1 aromatic carbocycles. The van der Waals surface area contributed by atoms with Gasteiger partial charge in [-0.3, -0.25) is 0 Å². The molecule has 0 radical (unpaired) electrons. The van der Waals surface area contributed by atoms with E-state index in [0.29, 0.717) is 5.46 Å². The predicted octanol–water partition coefficient (Wildman–Crippen LogP) is 1.29. The van der Waals surface area contributed by atoms with Crippen molar-refractivity contribution < 1.29 is 13.7 Å². The summed E-state index contributed by atoms with van der Waals surface area (Å²) in [5.74, 6) is -0.534. The van der Waals surface area contributed by atoms with Gasteiger partial charge in [0, 0.05) is 5.46 Å². The van der Waals surface area contributed by atoms with Crippen molar-refractivity contribution in [3.05, 3.63) is 17.9 Å². The summed E-state index contributed by atoms with van der Waals surface area (Å²) < 4.78 is 25.0. The van der Waals surface area contributed by atoms with E-state index in [2.05, 4.69) is 0 Å². The topological polar surface area (TPSA) is 70.5 Å². The van der Waals surface area contributed by atoms with Gasteiger partial charge in [0.05, 0.1) is 22.6 Å². The van der Waals surface area contributed by atoms with Crippen molar-refractivity contribution in [1.82, 2.24) is 0 Å². The summed E-state index contributed by atoms with van der Waals surface area (Å²) in [6.07, 6.45) is 0. The molecule has 4 N–H and O–H groups in total. The van der Waals surface area contributed by atoms with Crippen LogP contribution in [0.3, 0.4) is 0 Å². The van der Waals surface area contributed by atoms with Crippen LogP contribution in [0.2, 0.25) is 0 Å². The maximum atomic E-state index is 13.3. The van der Waals surface area contributed by atoms with Gasteiger partial charge in [0.15, 0.2) is 0 Å². The van der Waals surface area contributed by atoms with Crippen LogP contribution < -0.4 is 16.9 Å². The molecule has 1 aliphatic rings. The van der Waals surface area contributed by atoms with E-state index in [9.17, 15) is 4.39 Å². The third-order valence-corrected chi connectivity index (χ3v) is 3.77. The van der Waals surface area contributed by atoms with Crippen molar-refractivity contribution in [2.24, 2.45) is 0 Å². The van der Waals surface area contributed by atoms with Gasteiger partial charge in [-0.15, -0.1) is 0 Å². The molecule has 2 rings (SSSR count). The van der Waals surface area contributed by atoms with Gasteiger partial charge in [-0.1, -0.05) is 6.07 Å². The molecule has 0 amide bonds.